The molecule has 0 bridgehead atoms. The fraction of sp³-hybridized carbons (Fsp3) is 0.391. The van der Waals surface area contributed by atoms with Gasteiger partial charge in [0.15, 0.2) is 0 Å². The molecule has 5 nitrogen and oxygen atoms in total. The lowest BCUT2D eigenvalue weighted by Gasteiger charge is -2.32. The van der Waals surface area contributed by atoms with E-state index in [0.717, 1.165) is 61.3 Å². The van der Waals surface area contributed by atoms with Gasteiger partial charge in [-0.3, -0.25) is 4.57 Å². The predicted molar refractivity (Wildman–Crippen MR) is 115 cm³/mol. The van der Waals surface area contributed by atoms with E-state index < -0.39 is 0 Å². The van der Waals surface area contributed by atoms with Crippen molar-refractivity contribution in [1.29, 1.82) is 0 Å². The molecular weight excluding hydrogens is 384 g/mol. The number of ether oxygens (including phenoxy) is 1. The second-order valence-corrected chi connectivity index (χ2v) is 8.53. The summed E-state index contributed by atoms with van der Waals surface area (Å²) in [6.45, 7) is 1.84. The van der Waals surface area contributed by atoms with Crippen LogP contribution in [0.4, 0.5) is 5.95 Å². The first kappa shape index (κ1) is 18.5. The number of benzene rings is 2. The van der Waals surface area contributed by atoms with Gasteiger partial charge in [0.1, 0.15) is 17.7 Å². The first-order valence-electron chi connectivity index (χ1n) is 10.3. The predicted octanol–water partition coefficient (Wildman–Crippen LogP) is 4.60. The van der Waals surface area contributed by atoms with Crippen molar-refractivity contribution in [2.45, 2.75) is 37.2 Å². The summed E-state index contributed by atoms with van der Waals surface area (Å²) in [6.07, 6.45) is 4.43. The minimum atomic E-state index is 0.0390. The van der Waals surface area contributed by atoms with Gasteiger partial charge < -0.3 is 9.64 Å². The van der Waals surface area contributed by atoms with Crippen LogP contribution in [0.2, 0.25) is 5.02 Å². The van der Waals surface area contributed by atoms with Crippen molar-refractivity contribution >= 4 is 17.5 Å². The number of anilines is 1. The van der Waals surface area contributed by atoms with Crippen molar-refractivity contribution in [2.24, 2.45) is 7.05 Å². The number of piperidine rings is 1. The lowest BCUT2D eigenvalue weighted by Crippen LogP contribution is -2.39. The van der Waals surface area contributed by atoms with Gasteiger partial charge in [0.05, 0.1) is 5.41 Å². The molecule has 0 spiro atoms. The molecule has 0 unspecified atom stereocenters. The maximum Gasteiger partial charge on any atom is 0.226 e. The Labute approximate surface area is 176 Å². The van der Waals surface area contributed by atoms with Crippen molar-refractivity contribution in [3.8, 4) is 5.75 Å². The molecule has 1 aliphatic carbocycles. The third-order valence-corrected chi connectivity index (χ3v) is 6.45. The topological polar surface area (TPSA) is 43.2 Å². The third-order valence-electron chi connectivity index (χ3n) is 6.20. The lowest BCUT2D eigenvalue weighted by molar-refractivity contribution is 0.170. The van der Waals surface area contributed by atoms with Crippen LogP contribution < -0.4 is 9.64 Å². The Morgan fingerprint density at radius 3 is 2.31 bits per heavy atom. The largest absolute Gasteiger partial charge is 0.490 e. The Morgan fingerprint density at radius 2 is 1.66 bits per heavy atom. The number of hydrogen-bond acceptors (Lipinski definition) is 4. The summed E-state index contributed by atoms with van der Waals surface area (Å²) in [5.41, 5.74) is 1.38. The summed E-state index contributed by atoms with van der Waals surface area (Å²) >= 11 is 5.96. The Balaban J connectivity index is 1.27. The lowest BCUT2D eigenvalue weighted by atomic mass is 9.95. The average molecular weight is 409 g/mol. The maximum absolute atomic E-state index is 6.12. The summed E-state index contributed by atoms with van der Waals surface area (Å²) < 4.78 is 8.32. The van der Waals surface area contributed by atoms with E-state index in [1.54, 1.807) is 0 Å². The monoisotopic (exact) mass is 408 g/mol. The van der Waals surface area contributed by atoms with E-state index in [-0.39, 0.29) is 11.5 Å². The van der Waals surface area contributed by atoms with E-state index in [1.165, 1.54) is 5.56 Å². The molecule has 2 aliphatic rings. The van der Waals surface area contributed by atoms with Gasteiger partial charge in [0.25, 0.3) is 0 Å². The van der Waals surface area contributed by atoms with Crippen molar-refractivity contribution in [3.63, 3.8) is 0 Å². The van der Waals surface area contributed by atoms with E-state index in [2.05, 4.69) is 57.0 Å². The minimum absolute atomic E-state index is 0.0390. The fourth-order valence-electron chi connectivity index (χ4n) is 4.42. The first-order chi connectivity index (χ1) is 14.2. The minimum Gasteiger partial charge on any atom is -0.490 e. The van der Waals surface area contributed by atoms with Gasteiger partial charge >= 0.3 is 0 Å². The Bertz CT molecular complexity index is 974. The van der Waals surface area contributed by atoms with Crippen LogP contribution in [0.1, 0.15) is 37.1 Å². The molecule has 1 aliphatic heterocycles. The zero-order chi connectivity index (χ0) is 19.8. The van der Waals surface area contributed by atoms with Crippen LogP contribution in [-0.4, -0.2) is 34.0 Å². The van der Waals surface area contributed by atoms with Crippen LogP contribution in [0, 0.1) is 0 Å². The van der Waals surface area contributed by atoms with Gasteiger partial charge in [-0.25, -0.2) is 0 Å². The van der Waals surface area contributed by atoms with Gasteiger partial charge in [0, 0.05) is 38.0 Å². The summed E-state index contributed by atoms with van der Waals surface area (Å²) in [6, 6.07) is 18.3. The van der Waals surface area contributed by atoms with Gasteiger partial charge in [-0.15, -0.1) is 10.2 Å². The van der Waals surface area contributed by atoms with Gasteiger partial charge in [-0.2, -0.15) is 0 Å². The summed E-state index contributed by atoms with van der Waals surface area (Å²) in [5.74, 6) is 2.93. The van der Waals surface area contributed by atoms with Crippen molar-refractivity contribution in [2.75, 3.05) is 18.0 Å². The molecule has 1 aromatic heterocycles. The van der Waals surface area contributed by atoms with Crippen LogP contribution in [0.3, 0.4) is 0 Å². The molecule has 0 atom stereocenters. The second kappa shape index (κ2) is 7.38. The van der Waals surface area contributed by atoms with E-state index in [0.29, 0.717) is 0 Å². The summed E-state index contributed by atoms with van der Waals surface area (Å²) in [5, 5.41) is 9.93. The highest BCUT2D eigenvalue weighted by Crippen LogP contribution is 2.52. The van der Waals surface area contributed by atoms with E-state index >= 15 is 0 Å². The highest BCUT2D eigenvalue weighted by Gasteiger charge is 2.50. The van der Waals surface area contributed by atoms with Crippen LogP contribution in [0.25, 0.3) is 0 Å². The molecule has 0 radical (unpaired) electrons. The Hall–Kier alpha value is -2.53. The van der Waals surface area contributed by atoms with Crippen molar-refractivity contribution in [1.82, 2.24) is 14.8 Å². The van der Waals surface area contributed by atoms with Crippen LogP contribution >= 0.6 is 11.6 Å². The molecule has 1 saturated carbocycles. The molecule has 2 aromatic carbocycles. The molecule has 6 heteroatoms. The molecule has 5 rings (SSSR count). The third kappa shape index (κ3) is 3.48. The standard InChI is InChI=1S/C23H25ClN4O/c1-27-21(23(13-14-23)17-5-3-2-4-6-17)25-26-22(27)28-15-11-20(12-16-28)29-19-9-7-18(24)8-10-19/h2-10,20H,11-16H2,1H3. The Morgan fingerprint density at radius 1 is 0.966 bits per heavy atom. The van der Waals surface area contributed by atoms with Gasteiger partial charge in [0.2, 0.25) is 5.95 Å². The molecule has 2 heterocycles. The normalized spacial score (nSPS) is 18.6. The zero-order valence-electron chi connectivity index (χ0n) is 16.6. The quantitative estimate of drug-likeness (QED) is 0.619. The van der Waals surface area contributed by atoms with E-state index in [1.807, 2.05) is 24.3 Å². The SMILES string of the molecule is Cn1c(N2CCC(Oc3ccc(Cl)cc3)CC2)nnc1C1(c2ccccc2)CC1. The van der Waals surface area contributed by atoms with Crippen molar-refractivity contribution < 1.29 is 4.74 Å². The van der Waals surface area contributed by atoms with Crippen LogP contribution in [0.15, 0.2) is 54.6 Å². The smallest absolute Gasteiger partial charge is 0.226 e. The molecule has 0 amide bonds. The van der Waals surface area contributed by atoms with Gasteiger partial charge in [-0.05, 0) is 42.7 Å². The Kier molecular flexibility index (Phi) is 4.70. The fourth-order valence-corrected chi connectivity index (χ4v) is 4.54. The highest BCUT2D eigenvalue weighted by molar-refractivity contribution is 6.30. The van der Waals surface area contributed by atoms with Crippen LogP contribution in [0.5, 0.6) is 5.75 Å². The van der Waals surface area contributed by atoms with Gasteiger partial charge in [-0.1, -0.05) is 41.9 Å². The number of hydrogen-bond donors (Lipinski definition) is 0. The summed E-state index contributed by atoms with van der Waals surface area (Å²) in [4.78, 5) is 2.33. The number of halogens is 1. The number of nitrogens with zero attached hydrogens (tertiary/aromatic N) is 4. The average Bonchev–Trinajstić information content (AvgIpc) is 3.47. The molecule has 29 heavy (non-hydrogen) atoms. The number of aromatic nitrogens is 3. The molecule has 1 saturated heterocycles. The second-order valence-electron chi connectivity index (χ2n) is 8.09. The molecular formula is C23H25ClN4O. The number of rotatable bonds is 5. The van der Waals surface area contributed by atoms with Crippen LogP contribution in [-0.2, 0) is 12.5 Å². The summed E-state index contributed by atoms with van der Waals surface area (Å²) in [7, 11) is 2.10. The molecule has 150 valence electrons. The first-order valence-corrected chi connectivity index (χ1v) is 10.7. The van der Waals surface area contributed by atoms with E-state index in [9.17, 15) is 0 Å². The molecule has 3 aromatic rings. The van der Waals surface area contributed by atoms with Crippen molar-refractivity contribution in [3.05, 3.63) is 71.0 Å². The maximum atomic E-state index is 6.12. The molecule has 0 N–H and O–H groups in total. The molecule has 2 fully saturated rings. The highest BCUT2D eigenvalue weighted by atomic mass is 35.5. The zero-order valence-corrected chi connectivity index (χ0v) is 17.3. The van der Waals surface area contributed by atoms with E-state index in [4.69, 9.17) is 16.3 Å².